The summed E-state index contributed by atoms with van der Waals surface area (Å²) in [5.74, 6) is -0.473. The first-order valence-electron chi connectivity index (χ1n) is 9.81. The highest BCUT2D eigenvalue weighted by molar-refractivity contribution is 5.80. The van der Waals surface area contributed by atoms with Gasteiger partial charge in [0.1, 0.15) is 6.10 Å². The summed E-state index contributed by atoms with van der Waals surface area (Å²) in [5.41, 5.74) is -1.57. The number of piperidine rings is 1. The summed E-state index contributed by atoms with van der Waals surface area (Å²) in [6, 6.07) is 0. The zero-order valence-electron chi connectivity index (χ0n) is 18.2. The normalized spacial score (nSPS) is 24.2. The molecule has 2 atom stereocenters. The third kappa shape index (κ3) is 5.45. The number of hydrogen-bond donors (Lipinski definition) is 1. The van der Waals surface area contributed by atoms with Crippen LogP contribution in [0.3, 0.4) is 0 Å². The molecule has 0 aromatic heterocycles. The summed E-state index contributed by atoms with van der Waals surface area (Å²) in [6.45, 7) is 16.3. The van der Waals surface area contributed by atoms with Gasteiger partial charge in [-0.2, -0.15) is 0 Å². The minimum atomic E-state index is -0.710. The summed E-state index contributed by atoms with van der Waals surface area (Å²) in [6.07, 6.45) is 3.11. The molecule has 0 aromatic rings. The van der Waals surface area contributed by atoms with Gasteiger partial charge in [-0.05, 0) is 60.8 Å². The van der Waals surface area contributed by atoms with Crippen LogP contribution in [-0.2, 0) is 19.1 Å². The van der Waals surface area contributed by atoms with Gasteiger partial charge in [-0.3, -0.25) is 9.59 Å². The van der Waals surface area contributed by atoms with E-state index < -0.39 is 10.8 Å². The van der Waals surface area contributed by atoms with Crippen molar-refractivity contribution in [3.05, 3.63) is 0 Å². The molecule has 26 heavy (non-hydrogen) atoms. The Labute approximate surface area is 159 Å². The highest BCUT2D eigenvalue weighted by atomic mass is 16.5. The minimum absolute atomic E-state index is 0.0841. The predicted octanol–water partition coefficient (Wildman–Crippen LogP) is 4.23. The van der Waals surface area contributed by atoms with Gasteiger partial charge in [0.25, 0.3) is 0 Å². The second kappa shape index (κ2) is 7.87. The monoisotopic (exact) mass is 369 g/mol. The van der Waals surface area contributed by atoms with E-state index in [0.29, 0.717) is 19.3 Å². The minimum Gasteiger partial charge on any atom is -0.469 e. The van der Waals surface area contributed by atoms with Crippen molar-refractivity contribution in [3.8, 4) is 0 Å². The molecule has 1 aliphatic rings. The Bertz CT molecular complexity index is 512. The van der Waals surface area contributed by atoms with Crippen LogP contribution in [-0.4, -0.2) is 36.2 Å². The Morgan fingerprint density at radius 1 is 0.962 bits per heavy atom. The van der Waals surface area contributed by atoms with Crippen LogP contribution < -0.4 is 5.32 Å². The summed E-state index contributed by atoms with van der Waals surface area (Å²) >= 11 is 0. The molecule has 0 aliphatic carbocycles. The van der Waals surface area contributed by atoms with Crippen molar-refractivity contribution < 1.29 is 19.1 Å². The molecule has 5 nitrogen and oxygen atoms in total. The molecule has 2 unspecified atom stereocenters. The van der Waals surface area contributed by atoms with Gasteiger partial charge < -0.3 is 14.8 Å². The molecule has 1 fully saturated rings. The summed E-state index contributed by atoms with van der Waals surface area (Å²) in [7, 11) is 1.40. The van der Waals surface area contributed by atoms with Crippen molar-refractivity contribution in [1.29, 1.82) is 0 Å². The molecule has 1 saturated heterocycles. The van der Waals surface area contributed by atoms with E-state index in [-0.39, 0.29) is 29.1 Å². The average Bonchev–Trinajstić information content (AvgIpc) is 2.50. The number of rotatable bonds is 7. The first-order valence-corrected chi connectivity index (χ1v) is 9.81. The van der Waals surface area contributed by atoms with Gasteiger partial charge in [-0.1, -0.05) is 13.8 Å². The van der Waals surface area contributed by atoms with Crippen LogP contribution in [0, 0.1) is 10.8 Å². The highest BCUT2D eigenvalue weighted by Gasteiger charge is 2.46. The van der Waals surface area contributed by atoms with E-state index in [9.17, 15) is 9.59 Å². The zero-order valence-corrected chi connectivity index (χ0v) is 18.2. The molecule has 5 heteroatoms. The molecule has 1 N–H and O–H groups in total. The largest absolute Gasteiger partial charge is 0.469 e. The molecule has 1 rings (SSSR count). The van der Waals surface area contributed by atoms with Gasteiger partial charge in [-0.25, -0.2) is 0 Å². The van der Waals surface area contributed by atoms with Crippen molar-refractivity contribution in [3.63, 3.8) is 0 Å². The van der Waals surface area contributed by atoms with Crippen molar-refractivity contribution >= 4 is 11.9 Å². The Kier molecular flexibility index (Phi) is 6.95. The fraction of sp³-hybridized carbons (Fsp3) is 0.905. The summed E-state index contributed by atoms with van der Waals surface area (Å²) in [4.78, 5) is 25.4. The second-order valence-electron chi connectivity index (χ2n) is 9.83. The van der Waals surface area contributed by atoms with Gasteiger partial charge in [0.2, 0.25) is 0 Å². The molecule has 0 aromatic carbocycles. The molecule has 0 radical (unpaired) electrons. The number of carbonyl (C=O) groups excluding carboxylic acids is 2. The van der Waals surface area contributed by atoms with Crippen LogP contribution >= 0.6 is 0 Å². The molecule has 0 saturated carbocycles. The number of ether oxygens (including phenoxy) is 2. The van der Waals surface area contributed by atoms with E-state index in [0.717, 1.165) is 12.8 Å². The van der Waals surface area contributed by atoms with Crippen molar-refractivity contribution in [2.75, 3.05) is 7.11 Å². The molecule has 0 bridgehead atoms. The fourth-order valence-corrected chi connectivity index (χ4v) is 4.40. The highest BCUT2D eigenvalue weighted by Crippen LogP contribution is 2.42. The fourth-order valence-electron chi connectivity index (χ4n) is 4.40. The lowest BCUT2D eigenvalue weighted by Crippen LogP contribution is -2.60. The Hall–Kier alpha value is -1.10. The topological polar surface area (TPSA) is 64.6 Å². The van der Waals surface area contributed by atoms with Crippen molar-refractivity contribution in [2.24, 2.45) is 10.8 Å². The van der Waals surface area contributed by atoms with Gasteiger partial charge in [-0.15, -0.1) is 0 Å². The van der Waals surface area contributed by atoms with Crippen LogP contribution in [0.5, 0.6) is 0 Å². The predicted molar refractivity (Wildman–Crippen MR) is 104 cm³/mol. The summed E-state index contributed by atoms with van der Waals surface area (Å²) < 4.78 is 11.0. The zero-order chi connectivity index (χ0) is 20.4. The Morgan fingerprint density at radius 2 is 1.38 bits per heavy atom. The molecule has 1 aliphatic heterocycles. The lowest BCUT2D eigenvalue weighted by molar-refractivity contribution is -0.169. The smallest absolute Gasteiger partial charge is 0.312 e. The third-order valence-corrected chi connectivity index (χ3v) is 5.94. The maximum atomic E-state index is 13.1. The molecule has 0 spiro atoms. The number of methoxy groups -OCH3 is 1. The van der Waals surface area contributed by atoms with E-state index in [2.05, 4.69) is 33.0 Å². The van der Waals surface area contributed by atoms with E-state index in [1.54, 1.807) is 0 Å². The Morgan fingerprint density at radius 3 is 1.77 bits per heavy atom. The molecule has 152 valence electrons. The SMILES string of the molecule is CCC(C)(CC(C)(CC)C(=O)OC1CC(C)(C)NC(C)(C)C1)C(=O)OC. The molecular formula is C21H39NO4. The summed E-state index contributed by atoms with van der Waals surface area (Å²) in [5, 5.41) is 3.61. The second-order valence-corrected chi connectivity index (χ2v) is 9.83. The Balaban J connectivity index is 2.95. The number of nitrogens with one attached hydrogen (secondary N) is 1. The van der Waals surface area contributed by atoms with Crippen LogP contribution in [0.1, 0.15) is 87.5 Å². The lowest BCUT2D eigenvalue weighted by atomic mass is 9.70. The standard InChI is InChI=1S/C21H39NO4/c1-10-20(7,16(23)25-9)14-21(8,11-2)17(24)26-15-12-18(3,4)22-19(5,6)13-15/h15,22H,10-14H2,1-9H3. The van der Waals surface area contributed by atoms with Crippen LogP contribution in [0.2, 0.25) is 0 Å². The first-order chi connectivity index (χ1) is 11.7. The number of hydrogen-bond acceptors (Lipinski definition) is 5. The molecule has 1 heterocycles. The average molecular weight is 370 g/mol. The number of esters is 2. The van der Waals surface area contributed by atoms with Crippen LogP contribution in [0.25, 0.3) is 0 Å². The maximum absolute atomic E-state index is 13.1. The van der Waals surface area contributed by atoms with E-state index in [1.165, 1.54) is 7.11 Å². The van der Waals surface area contributed by atoms with E-state index in [1.807, 2.05) is 27.7 Å². The number of carbonyl (C=O) groups is 2. The van der Waals surface area contributed by atoms with Gasteiger partial charge in [0, 0.05) is 23.9 Å². The molecule has 0 amide bonds. The lowest BCUT2D eigenvalue weighted by Gasteiger charge is -2.46. The first kappa shape index (κ1) is 22.9. The van der Waals surface area contributed by atoms with Crippen LogP contribution in [0.4, 0.5) is 0 Å². The van der Waals surface area contributed by atoms with Gasteiger partial charge in [0.15, 0.2) is 0 Å². The van der Waals surface area contributed by atoms with Gasteiger partial charge in [0.05, 0.1) is 17.9 Å². The quantitative estimate of drug-likeness (QED) is 0.680. The molecular weight excluding hydrogens is 330 g/mol. The third-order valence-electron chi connectivity index (χ3n) is 5.94. The van der Waals surface area contributed by atoms with Crippen LogP contribution in [0.15, 0.2) is 0 Å². The van der Waals surface area contributed by atoms with Gasteiger partial charge >= 0.3 is 11.9 Å². The van der Waals surface area contributed by atoms with E-state index in [4.69, 9.17) is 9.47 Å². The van der Waals surface area contributed by atoms with Crippen molar-refractivity contribution in [2.45, 2.75) is 105 Å². The van der Waals surface area contributed by atoms with Crippen molar-refractivity contribution in [1.82, 2.24) is 5.32 Å². The van der Waals surface area contributed by atoms with E-state index >= 15 is 0 Å². The maximum Gasteiger partial charge on any atom is 0.312 e.